The standard InChI is InChI=1S/C26H24N4O4/c31-26(28-14-12-20(13-15-28)17-19-5-2-1-3-6-19)24-18-23(25-7-4-16-34-25)27-29(24)21-8-10-22(11-9-21)30(32)33/h1-11,16,18,20H,12-15,17H2. The molecule has 1 saturated heterocycles. The maximum atomic E-state index is 13.5. The monoisotopic (exact) mass is 456 g/mol. The molecule has 0 spiro atoms. The average Bonchev–Trinajstić information content (AvgIpc) is 3.55. The fourth-order valence-electron chi connectivity index (χ4n) is 4.44. The maximum absolute atomic E-state index is 13.5. The third kappa shape index (κ3) is 4.47. The number of aromatic nitrogens is 2. The summed E-state index contributed by atoms with van der Waals surface area (Å²) >= 11 is 0. The minimum Gasteiger partial charge on any atom is -0.463 e. The van der Waals surface area contributed by atoms with Crippen molar-refractivity contribution in [3.05, 3.63) is 100 Å². The number of hydrogen-bond donors (Lipinski definition) is 0. The van der Waals surface area contributed by atoms with Crippen molar-refractivity contribution in [2.75, 3.05) is 13.1 Å². The Bertz CT molecular complexity index is 1270. The van der Waals surface area contributed by atoms with Crippen LogP contribution in [0.2, 0.25) is 0 Å². The highest BCUT2D eigenvalue weighted by Gasteiger charge is 2.27. The maximum Gasteiger partial charge on any atom is 0.272 e. The molecule has 3 heterocycles. The Balaban J connectivity index is 1.38. The molecule has 2 aromatic carbocycles. The van der Waals surface area contributed by atoms with Gasteiger partial charge in [-0.3, -0.25) is 14.9 Å². The third-order valence-electron chi connectivity index (χ3n) is 6.28. The van der Waals surface area contributed by atoms with Gasteiger partial charge in [0.2, 0.25) is 0 Å². The van der Waals surface area contributed by atoms with Crippen LogP contribution in [-0.4, -0.2) is 38.6 Å². The van der Waals surface area contributed by atoms with E-state index in [1.165, 1.54) is 17.7 Å². The summed E-state index contributed by atoms with van der Waals surface area (Å²) in [5.41, 5.74) is 2.82. The van der Waals surface area contributed by atoms with Gasteiger partial charge in [-0.25, -0.2) is 4.68 Å². The molecule has 0 N–H and O–H groups in total. The zero-order valence-corrected chi connectivity index (χ0v) is 18.5. The van der Waals surface area contributed by atoms with Gasteiger partial charge in [0.05, 0.1) is 16.9 Å². The Morgan fingerprint density at radius 3 is 2.41 bits per heavy atom. The van der Waals surface area contributed by atoms with Gasteiger partial charge in [0.1, 0.15) is 11.4 Å². The number of carbonyl (C=O) groups is 1. The minimum absolute atomic E-state index is 0.0180. The first kappa shape index (κ1) is 21.6. The van der Waals surface area contributed by atoms with Crippen molar-refractivity contribution >= 4 is 11.6 Å². The first-order valence-corrected chi connectivity index (χ1v) is 11.3. The van der Waals surface area contributed by atoms with E-state index >= 15 is 0 Å². The van der Waals surface area contributed by atoms with Crippen LogP contribution >= 0.6 is 0 Å². The Morgan fingerprint density at radius 2 is 1.76 bits per heavy atom. The Morgan fingerprint density at radius 1 is 1.03 bits per heavy atom. The number of rotatable bonds is 6. The van der Waals surface area contributed by atoms with Gasteiger partial charge in [0.25, 0.3) is 11.6 Å². The number of non-ortho nitro benzene ring substituents is 1. The molecule has 8 nitrogen and oxygen atoms in total. The van der Waals surface area contributed by atoms with E-state index in [1.807, 2.05) is 11.0 Å². The van der Waals surface area contributed by atoms with Crippen LogP contribution in [0.15, 0.2) is 83.5 Å². The molecular weight excluding hydrogens is 432 g/mol. The lowest BCUT2D eigenvalue weighted by molar-refractivity contribution is -0.384. The topological polar surface area (TPSA) is 94.4 Å². The molecule has 172 valence electrons. The van der Waals surface area contributed by atoms with Gasteiger partial charge in [-0.1, -0.05) is 30.3 Å². The summed E-state index contributed by atoms with van der Waals surface area (Å²) < 4.78 is 7.02. The van der Waals surface area contributed by atoms with Gasteiger partial charge in [-0.15, -0.1) is 0 Å². The Hall–Kier alpha value is -4.20. The number of likely N-dealkylation sites (tertiary alicyclic amines) is 1. The summed E-state index contributed by atoms with van der Waals surface area (Å²) in [4.78, 5) is 26.0. The number of carbonyl (C=O) groups excluding carboxylic acids is 1. The number of piperidine rings is 1. The molecule has 0 atom stereocenters. The lowest BCUT2D eigenvalue weighted by Crippen LogP contribution is -2.39. The van der Waals surface area contributed by atoms with Crippen LogP contribution in [0.3, 0.4) is 0 Å². The zero-order valence-electron chi connectivity index (χ0n) is 18.5. The van der Waals surface area contributed by atoms with Crippen LogP contribution in [0.4, 0.5) is 5.69 Å². The van der Waals surface area contributed by atoms with E-state index in [-0.39, 0.29) is 11.6 Å². The van der Waals surface area contributed by atoms with Crippen molar-refractivity contribution < 1.29 is 14.1 Å². The fourth-order valence-corrected chi connectivity index (χ4v) is 4.44. The number of nitro benzene ring substituents is 1. The molecule has 0 aliphatic carbocycles. The van der Waals surface area contributed by atoms with E-state index in [1.54, 1.807) is 41.3 Å². The van der Waals surface area contributed by atoms with E-state index in [2.05, 4.69) is 29.4 Å². The van der Waals surface area contributed by atoms with Crippen molar-refractivity contribution in [1.82, 2.24) is 14.7 Å². The zero-order chi connectivity index (χ0) is 23.5. The van der Waals surface area contributed by atoms with E-state index in [4.69, 9.17) is 4.42 Å². The second kappa shape index (κ2) is 9.35. The molecular formula is C26H24N4O4. The minimum atomic E-state index is -0.452. The predicted molar refractivity (Wildman–Crippen MR) is 127 cm³/mol. The summed E-state index contributed by atoms with van der Waals surface area (Å²) in [6.45, 7) is 1.36. The fraction of sp³-hybridized carbons (Fsp3) is 0.231. The molecule has 2 aromatic heterocycles. The van der Waals surface area contributed by atoms with E-state index in [0.29, 0.717) is 41.8 Å². The summed E-state index contributed by atoms with van der Waals surface area (Å²) in [6.07, 6.45) is 4.46. The summed E-state index contributed by atoms with van der Waals surface area (Å²) in [5, 5.41) is 15.6. The molecule has 0 saturated carbocycles. The molecule has 1 aliphatic heterocycles. The van der Waals surface area contributed by atoms with Crippen LogP contribution in [0.5, 0.6) is 0 Å². The molecule has 1 amide bonds. The molecule has 1 aliphatic rings. The van der Waals surface area contributed by atoms with E-state index in [0.717, 1.165) is 19.3 Å². The number of benzene rings is 2. The average molecular weight is 457 g/mol. The lowest BCUT2D eigenvalue weighted by Gasteiger charge is -2.32. The van der Waals surface area contributed by atoms with Crippen molar-refractivity contribution in [2.24, 2.45) is 5.92 Å². The summed E-state index contributed by atoms with van der Waals surface area (Å²) in [7, 11) is 0. The molecule has 0 radical (unpaired) electrons. The van der Waals surface area contributed by atoms with E-state index < -0.39 is 4.92 Å². The highest BCUT2D eigenvalue weighted by molar-refractivity contribution is 5.94. The highest BCUT2D eigenvalue weighted by Crippen LogP contribution is 2.27. The number of nitrogens with zero attached hydrogens (tertiary/aromatic N) is 4. The number of nitro groups is 1. The highest BCUT2D eigenvalue weighted by atomic mass is 16.6. The second-order valence-electron chi connectivity index (χ2n) is 8.50. The van der Waals surface area contributed by atoms with Gasteiger partial charge in [-0.2, -0.15) is 5.10 Å². The van der Waals surface area contributed by atoms with Crippen LogP contribution in [0.1, 0.15) is 28.9 Å². The van der Waals surface area contributed by atoms with Crippen LogP contribution in [0.25, 0.3) is 17.1 Å². The number of hydrogen-bond acceptors (Lipinski definition) is 5. The first-order chi connectivity index (χ1) is 16.6. The van der Waals surface area contributed by atoms with Gasteiger partial charge in [-0.05, 0) is 55.0 Å². The van der Waals surface area contributed by atoms with E-state index in [9.17, 15) is 14.9 Å². The van der Waals surface area contributed by atoms with Gasteiger partial charge < -0.3 is 9.32 Å². The third-order valence-corrected chi connectivity index (χ3v) is 6.28. The Labute approximate surface area is 196 Å². The van der Waals surface area contributed by atoms with Crippen LogP contribution in [0, 0.1) is 16.0 Å². The number of amides is 1. The van der Waals surface area contributed by atoms with Crippen LogP contribution < -0.4 is 0 Å². The normalized spacial score (nSPS) is 14.3. The molecule has 0 bridgehead atoms. The first-order valence-electron chi connectivity index (χ1n) is 11.3. The predicted octanol–water partition coefficient (Wildman–Crippen LogP) is 5.14. The van der Waals surface area contributed by atoms with Gasteiger partial charge >= 0.3 is 0 Å². The Kier molecular flexibility index (Phi) is 5.95. The quantitative estimate of drug-likeness (QED) is 0.296. The number of furan rings is 1. The van der Waals surface area contributed by atoms with Crippen molar-refractivity contribution in [3.8, 4) is 17.1 Å². The smallest absolute Gasteiger partial charge is 0.272 e. The molecule has 1 fully saturated rings. The van der Waals surface area contributed by atoms with Gasteiger partial charge in [0, 0.05) is 31.3 Å². The summed E-state index contributed by atoms with van der Waals surface area (Å²) in [5.74, 6) is 0.989. The molecule has 5 rings (SSSR count). The van der Waals surface area contributed by atoms with Crippen LogP contribution in [-0.2, 0) is 6.42 Å². The largest absolute Gasteiger partial charge is 0.463 e. The van der Waals surface area contributed by atoms with Crippen molar-refractivity contribution in [3.63, 3.8) is 0 Å². The van der Waals surface area contributed by atoms with Gasteiger partial charge in [0.15, 0.2) is 5.76 Å². The second-order valence-corrected chi connectivity index (χ2v) is 8.50. The molecule has 0 unspecified atom stereocenters. The lowest BCUT2D eigenvalue weighted by atomic mass is 9.90. The molecule has 4 aromatic rings. The van der Waals surface area contributed by atoms with Crippen molar-refractivity contribution in [1.29, 1.82) is 0 Å². The SMILES string of the molecule is O=C(c1cc(-c2ccco2)nn1-c1ccc([N+](=O)[O-])cc1)N1CCC(Cc2ccccc2)CC1. The molecule has 34 heavy (non-hydrogen) atoms. The van der Waals surface area contributed by atoms with Crippen molar-refractivity contribution in [2.45, 2.75) is 19.3 Å². The summed E-state index contributed by atoms with van der Waals surface area (Å²) in [6, 6.07) is 21.7. The molecule has 8 heteroatoms.